The third-order valence-electron chi connectivity index (χ3n) is 5.30. The summed E-state index contributed by atoms with van der Waals surface area (Å²) in [7, 11) is 1.52. The van der Waals surface area contributed by atoms with E-state index in [4.69, 9.17) is 9.47 Å². The Morgan fingerprint density at radius 3 is 2.53 bits per heavy atom. The van der Waals surface area contributed by atoms with Crippen molar-refractivity contribution in [2.75, 3.05) is 30.5 Å². The minimum Gasteiger partial charge on any atom is -0.493 e. The second-order valence-corrected chi connectivity index (χ2v) is 7.33. The number of methoxy groups -OCH3 is 1. The lowest BCUT2D eigenvalue weighted by atomic mass is 10.1. The zero-order valence-corrected chi connectivity index (χ0v) is 17.8. The molecule has 32 heavy (non-hydrogen) atoms. The quantitative estimate of drug-likeness (QED) is 0.553. The standard InChI is InChI=1S/C26H24N2O4/c1-3-16-32-23-13-10-20(17-24(23)31-2)25(29)27-21-11-8-19(9-12-21)26(30)28-15-14-18-6-4-5-7-22(18)28/h3-13,17H,1,14-16H2,2H3,(H,27,29). The van der Waals surface area contributed by atoms with E-state index in [0.29, 0.717) is 41.5 Å². The van der Waals surface area contributed by atoms with Gasteiger partial charge in [0.1, 0.15) is 6.61 Å². The predicted molar refractivity (Wildman–Crippen MR) is 125 cm³/mol. The number of ether oxygens (including phenoxy) is 2. The largest absolute Gasteiger partial charge is 0.493 e. The van der Waals surface area contributed by atoms with E-state index in [1.54, 1.807) is 53.4 Å². The highest BCUT2D eigenvalue weighted by atomic mass is 16.5. The molecule has 0 aromatic heterocycles. The van der Waals surface area contributed by atoms with Crippen molar-refractivity contribution in [3.05, 3.63) is 96.1 Å². The number of para-hydroxylation sites is 1. The van der Waals surface area contributed by atoms with Crippen molar-refractivity contribution < 1.29 is 19.1 Å². The molecule has 0 atom stereocenters. The Morgan fingerprint density at radius 2 is 1.78 bits per heavy atom. The zero-order valence-electron chi connectivity index (χ0n) is 17.8. The molecule has 6 heteroatoms. The molecule has 1 N–H and O–H groups in total. The van der Waals surface area contributed by atoms with Gasteiger partial charge in [0, 0.05) is 29.0 Å². The summed E-state index contributed by atoms with van der Waals surface area (Å²) < 4.78 is 10.8. The van der Waals surface area contributed by atoms with E-state index in [-0.39, 0.29) is 11.8 Å². The first-order chi connectivity index (χ1) is 15.6. The van der Waals surface area contributed by atoms with E-state index in [2.05, 4.69) is 11.9 Å². The van der Waals surface area contributed by atoms with Crippen molar-refractivity contribution in [2.45, 2.75) is 6.42 Å². The molecule has 0 aliphatic carbocycles. The maximum absolute atomic E-state index is 12.9. The monoisotopic (exact) mass is 428 g/mol. The van der Waals surface area contributed by atoms with Crippen molar-refractivity contribution in [3.63, 3.8) is 0 Å². The van der Waals surface area contributed by atoms with Crippen LogP contribution >= 0.6 is 0 Å². The number of nitrogens with one attached hydrogen (secondary N) is 1. The molecule has 0 spiro atoms. The third kappa shape index (κ3) is 4.34. The van der Waals surface area contributed by atoms with E-state index < -0.39 is 0 Å². The lowest BCUT2D eigenvalue weighted by Gasteiger charge is -2.17. The fourth-order valence-electron chi connectivity index (χ4n) is 3.68. The number of nitrogens with zero attached hydrogens (tertiary/aromatic N) is 1. The summed E-state index contributed by atoms with van der Waals surface area (Å²) in [6.45, 7) is 4.63. The van der Waals surface area contributed by atoms with E-state index >= 15 is 0 Å². The number of rotatable bonds is 7. The maximum atomic E-state index is 12.9. The number of benzene rings is 3. The molecule has 0 saturated heterocycles. The smallest absolute Gasteiger partial charge is 0.258 e. The van der Waals surface area contributed by atoms with Crippen LogP contribution in [0.3, 0.4) is 0 Å². The molecule has 0 saturated carbocycles. The number of fused-ring (bicyclic) bond motifs is 1. The minimum atomic E-state index is -0.286. The van der Waals surface area contributed by atoms with Gasteiger partial charge in [-0.15, -0.1) is 0 Å². The molecule has 0 fully saturated rings. The number of hydrogen-bond donors (Lipinski definition) is 1. The number of hydrogen-bond acceptors (Lipinski definition) is 4. The SMILES string of the molecule is C=CCOc1ccc(C(=O)Nc2ccc(C(=O)N3CCc4ccccc43)cc2)cc1OC. The van der Waals surface area contributed by atoms with E-state index in [9.17, 15) is 9.59 Å². The maximum Gasteiger partial charge on any atom is 0.258 e. The molecule has 0 radical (unpaired) electrons. The summed E-state index contributed by atoms with van der Waals surface area (Å²) in [6, 6.07) is 19.8. The van der Waals surface area contributed by atoms with Crippen LogP contribution in [0.15, 0.2) is 79.4 Å². The van der Waals surface area contributed by atoms with Gasteiger partial charge >= 0.3 is 0 Å². The number of anilines is 2. The summed E-state index contributed by atoms with van der Waals surface area (Å²) in [4.78, 5) is 27.4. The van der Waals surface area contributed by atoms with Crippen molar-refractivity contribution in [3.8, 4) is 11.5 Å². The molecule has 0 unspecified atom stereocenters. The predicted octanol–water partition coefficient (Wildman–Crippen LogP) is 4.72. The van der Waals surface area contributed by atoms with Gasteiger partial charge in [-0.25, -0.2) is 0 Å². The van der Waals surface area contributed by atoms with Crippen LogP contribution < -0.4 is 19.7 Å². The first kappa shape index (κ1) is 21.2. The van der Waals surface area contributed by atoms with Crippen molar-refractivity contribution in [1.29, 1.82) is 0 Å². The Hall–Kier alpha value is -4.06. The molecule has 0 bridgehead atoms. The second-order valence-electron chi connectivity index (χ2n) is 7.33. The molecule has 1 heterocycles. The lowest BCUT2D eigenvalue weighted by molar-refractivity contribution is 0.0988. The van der Waals surface area contributed by atoms with E-state index in [0.717, 1.165) is 12.1 Å². The van der Waals surface area contributed by atoms with Crippen LogP contribution in [0.2, 0.25) is 0 Å². The Kier molecular flexibility index (Phi) is 6.22. The number of carbonyl (C=O) groups is 2. The number of carbonyl (C=O) groups excluding carboxylic acids is 2. The topological polar surface area (TPSA) is 67.9 Å². The van der Waals surface area contributed by atoms with Crippen LogP contribution in [0.25, 0.3) is 0 Å². The fraction of sp³-hybridized carbons (Fsp3) is 0.154. The number of amides is 2. The average molecular weight is 428 g/mol. The summed E-state index contributed by atoms with van der Waals surface area (Å²) >= 11 is 0. The van der Waals surface area contributed by atoms with Crippen LogP contribution in [0.5, 0.6) is 11.5 Å². The molecule has 2 amide bonds. The highest BCUT2D eigenvalue weighted by Crippen LogP contribution is 2.30. The fourth-order valence-corrected chi connectivity index (χ4v) is 3.68. The normalized spacial score (nSPS) is 12.1. The summed E-state index contributed by atoms with van der Waals surface area (Å²) in [5.74, 6) is 0.667. The molecule has 3 aromatic rings. The van der Waals surface area contributed by atoms with E-state index in [1.165, 1.54) is 12.7 Å². The molecule has 6 nitrogen and oxygen atoms in total. The lowest BCUT2D eigenvalue weighted by Crippen LogP contribution is -2.28. The Balaban J connectivity index is 1.44. The van der Waals surface area contributed by atoms with Crippen LogP contribution in [0.1, 0.15) is 26.3 Å². The van der Waals surface area contributed by atoms with Crippen LogP contribution in [-0.4, -0.2) is 32.1 Å². The summed E-state index contributed by atoms with van der Waals surface area (Å²) in [5.41, 5.74) is 3.75. The van der Waals surface area contributed by atoms with Crippen LogP contribution in [0.4, 0.5) is 11.4 Å². The minimum absolute atomic E-state index is 0.0484. The second kappa shape index (κ2) is 9.39. The highest BCUT2D eigenvalue weighted by molar-refractivity contribution is 6.08. The molecule has 4 rings (SSSR count). The molecular weight excluding hydrogens is 404 g/mol. The van der Waals surface area contributed by atoms with Gasteiger partial charge in [0.05, 0.1) is 7.11 Å². The summed E-state index contributed by atoms with van der Waals surface area (Å²) in [5, 5.41) is 2.85. The van der Waals surface area contributed by atoms with Crippen molar-refractivity contribution in [1.82, 2.24) is 0 Å². The molecule has 1 aliphatic heterocycles. The Labute approximate surface area is 187 Å². The van der Waals surface area contributed by atoms with Gasteiger partial charge in [-0.1, -0.05) is 30.9 Å². The van der Waals surface area contributed by atoms with Crippen LogP contribution in [0, 0.1) is 0 Å². The summed E-state index contributed by atoms with van der Waals surface area (Å²) in [6.07, 6.45) is 2.49. The highest BCUT2D eigenvalue weighted by Gasteiger charge is 2.25. The van der Waals surface area contributed by atoms with Gasteiger partial charge in [-0.3, -0.25) is 9.59 Å². The van der Waals surface area contributed by atoms with Crippen molar-refractivity contribution >= 4 is 23.2 Å². The van der Waals surface area contributed by atoms with E-state index in [1.807, 2.05) is 24.3 Å². The Bertz CT molecular complexity index is 1150. The molecule has 1 aliphatic rings. The Morgan fingerprint density at radius 1 is 1.03 bits per heavy atom. The zero-order chi connectivity index (χ0) is 22.5. The van der Waals surface area contributed by atoms with Gasteiger partial charge in [-0.2, -0.15) is 0 Å². The van der Waals surface area contributed by atoms with Crippen molar-refractivity contribution in [2.24, 2.45) is 0 Å². The molecule has 162 valence electrons. The molecule has 3 aromatic carbocycles. The molecular formula is C26H24N2O4. The van der Waals surface area contributed by atoms with Gasteiger partial charge in [0.2, 0.25) is 0 Å². The first-order valence-corrected chi connectivity index (χ1v) is 10.3. The van der Waals surface area contributed by atoms with Gasteiger partial charge in [0.15, 0.2) is 11.5 Å². The van der Waals surface area contributed by atoms with Gasteiger partial charge in [0.25, 0.3) is 11.8 Å². The third-order valence-corrected chi connectivity index (χ3v) is 5.30. The first-order valence-electron chi connectivity index (χ1n) is 10.3. The van der Waals surface area contributed by atoms with Crippen LogP contribution in [-0.2, 0) is 6.42 Å². The van der Waals surface area contributed by atoms with Gasteiger partial charge < -0.3 is 19.7 Å². The van der Waals surface area contributed by atoms with Gasteiger partial charge in [-0.05, 0) is 60.5 Å². The average Bonchev–Trinajstić information content (AvgIpc) is 3.27.